The van der Waals surface area contributed by atoms with Crippen LogP contribution >= 0.6 is 11.6 Å². The van der Waals surface area contributed by atoms with Gasteiger partial charge in [-0.3, -0.25) is 14.9 Å². The molecule has 2 aliphatic rings. The molecule has 2 fully saturated rings. The number of nitrogens with one attached hydrogen (secondary N) is 2. The molecule has 1 aromatic carbocycles. The van der Waals surface area contributed by atoms with E-state index in [0.717, 1.165) is 19.3 Å². The summed E-state index contributed by atoms with van der Waals surface area (Å²) < 4.78 is 20.7. The van der Waals surface area contributed by atoms with Crippen molar-refractivity contribution in [3.8, 4) is 0 Å². The van der Waals surface area contributed by atoms with Crippen LogP contribution in [0.5, 0.6) is 0 Å². The van der Waals surface area contributed by atoms with Crippen LogP contribution in [0.2, 0.25) is 5.02 Å². The fourth-order valence-electron chi connectivity index (χ4n) is 4.38. The predicted molar refractivity (Wildman–Crippen MR) is 135 cm³/mol. The first kappa shape index (κ1) is 25.8. The maximum Gasteiger partial charge on any atom is 0.323 e. The van der Waals surface area contributed by atoms with Crippen LogP contribution in [-0.4, -0.2) is 59.6 Å². The number of anilines is 3. The lowest BCUT2D eigenvalue weighted by molar-refractivity contribution is -0.120. The molecule has 2 saturated heterocycles. The fourth-order valence-corrected chi connectivity index (χ4v) is 4.49. The van der Waals surface area contributed by atoms with Gasteiger partial charge in [-0.1, -0.05) is 18.5 Å². The number of urea groups is 1. The lowest BCUT2D eigenvalue weighted by Crippen LogP contribution is -2.45. The van der Waals surface area contributed by atoms with Crippen LogP contribution in [0.25, 0.3) is 0 Å². The number of hydrogen-bond donors (Lipinski definition) is 2. The largest absolute Gasteiger partial charge is 0.376 e. The summed E-state index contributed by atoms with van der Waals surface area (Å²) in [4.78, 5) is 45.3. The zero-order chi connectivity index (χ0) is 25.7. The number of piperidine rings is 1. The summed E-state index contributed by atoms with van der Waals surface area (Å²) in [6.07, 6.45) is 4.27. The van der Waals surface area contributed by atoms with Crippen molar-refractivity contribution in [2.24, 2.45) is 0 Å². The molecule has 0 saturated carbocycles. The summed E-state index contributed by atoms with van der Waals surface area (Å²) >= 11 is 5.85. The van der Waals surface area contributed by atoms with Crippen molar-refractivity contribution in [2.75, 3.05) is 35.2 Å². The topological polar surface area (TPSA) is 104 Å². The van der Waals surface area contributed by atoms with Crippen molar-refractivity contribution in [3.05, 3.63) is 47.4 Å². The van der Waals surface area contributed by atoms with Gasteiger partial charge in [-0.15, -0.1) is 0 Å². The number of aromatic nitrogens is 1. The van der Waals surface area contributed by atoms with Gasteiger partial charge >= 0.3 is 6.03 Å². The SMILES string of the molecule is CCCOC1CC(C(=O)Nc2ccc(N3CCCCC3=O)cc2F)N(C(=O)Nc2ccc(Cl)cn2)C1. The Balaban J connectivity index is 1.47. The monoisotopic (exact) mass is 517 g/mol. The van der Waals surface area contributed by atoms with Crippen molar-refractivity contribution in [2.45, 2.75) is 51.2 Å². The van der Waals surface area contributed by atoms with Crippen LogP contribution in [-0.2, 0) is 14.3 Å². The van der Waals surface area contributed by atoms with Gasteiger partial charge in [0.05, 0.1) is 16.8 Å². The van der Waals surface area contributed by atoms with Crippen LogP contribution in [0.1, 0.15) is 39.0 Å². The zero-order valence-corrected chi connectivity index (χ0v) is 20.8. The third-order valence-corrected chi connectivity index (χ3v) is 6.42. The number of hydrogen-bond acceptors (Lipinski definition) is 5. The molecule has 36 heavy (non-hydrogen) atoms. The molecule has 3 heterocycles. The normalized spacial score (nSPS) is 19.9. The van der Waals surface area contributed by atoms with Gasteiger partial charge in [0.1, 0.15) is 17.7 Å². The number of carbonyl (C=O) groups is 3. The van der Waals surface area contributed by atoms with Crippen molar-refractivity contribution < 1.29 is 23.5 Å². The highest BCUT2D eigenvalue weighted by Crippen LogP contribution is 2.27. The Hall–Kier alpha value is -3.24. The Morgan fingerprint density at radius 3 is 2.75 bits per heavy atom. The standard InChI is InChI=1S/C25H29ClFN5O4/c1-2-11-36-18-13-21(32(15-18)25(35)30-22-9-6-16(26)14-28-22)24(34)29-20-8-7-17(12-19(20)27)31-10-4-3-5-23(31)33/h6-9,12,14,18,21H,2-5,10-11,13,15H2,1H3,(H,29,34)(H,28,30,35). The lowest BCUT2D eigenvalue weighted by Gasteiger charge is -2.27. The third-order valence-electron chi connectivity index (χ3n) is 6.19. The van der Waals surface area contributed by atoms with Gasteiger partial charge < -0.3 is 19.9 Å². The number of rotatable bonds is 7. The molecule has 4 amide bonds. The minimum Gasteiger partial charge on any atom is -0.376 e. The molecule has 2 aliphatic heterocycles. The maximum absolute atomic E-state index is 14.9. The molecule has 2 aromatic rings. The summed E-state index contributed by atoms with van der Waals surface area (Å²) in [6.45, 7) is 3.21. The molecule has 192 valence electrons. The van der Waals surface area contributed by atoms with Crippen LogP contribution in [0.3, 0.4) is 0 Å². The highest BCUT2D eigenvalue weighted by molar-refractivity contribution is 6.30. The summed E-state index contributed by atoms with van der Waals surface area (Å²) in [5.41, 5.74) is 0.437. The molecule has 2 N–H and O–H groups in total. The molecular weight excluding hydrogens is 489 g/mol. The van der Waals surface area contributed by atoms with Crippen molar-refractivity contribution in [1.82, 2.24) is 9.88 Å². The quantitative estimate of drug-likeness (QED) is 0.565. The maximum atomic E-state index is 14.9. The molecular formula is C25H29ClFN5O4. The average Bonchev–Trinajstić information content (AvgIpc) is 3.30. The Bertz CT molecular complexity index is 1120. The fraction of sp³-hybridized carbons (Fsp3) is 0.440. The van der Waals surface area contributed by atoms with E-state index in [1.807, 2.05) is 6.92 Å². The second-order valence-electron chi connectivity index (χ2n) is 8.84. The molecule has 0 aliphatic carbocycles. The first-order chi connectivity index (χ1) is 17.4. The van der Waals surface area contributed by atoms with E-state index in [2.05, 4.69) is 15.6 Å². The van der Waals surface area contributed by atoms with Gasteiger partial charge in [0.2, 0.25) is 11.8 Å². The van der Waals surface area contributed by atoms with Crippen molar-refractivity contribution >= 4 is 46.6 Å². The van der Waals surface area contributed by atoms with Gasteiger partial charge in [0.15, 0.2) is 0 Å². The predicted octanol–water partition coefficient (Wildman–Crippen LogP) is 4.43. The minimum atomic E-state index is -0.873. The number of pyridine rings is 1. The number of nitrogens with zero attached hydrogens (tertiary/aromatic N) is 3. The second kappa shape index (κ2) is 11.7. The van der Waals surface area contributed by atoms with Crippen molar-refractivity contribution in [1.29, 1.82) is 0 Å². The van der Waals surface area contributed by atoms with Gasteiger partial charge in [-0.05, 0) is 49.6 Å². The molecule has 4 rings (SSSR count). The Kier molecular flexibility index (Phi) is 8.37. The van der Waals surface area contributed by atoms with Crippen LogP contribution in [0.4, 0.5) is 26.4 Å². The molecule has 0 radical (unpaired) electrons. The molecule has 11 heteroatoms. The second-order valence-corrected chi connectivity index (χ2v) is 9.28. The number of ether oxygens (including phenoxy) is 1. The van der Waals surface area contributed by atoms with Crippen LogP contribution in [0, 0.1) is 5.82 Å². The first-order valence-corrected chi connectivity index (χ1v) is 12.4. The van der Waals surface area contributed by atoms with Crippen LogP contribution < -0.4 is 15.5 Å². The number of amides is 4. The summed E-state index contributed by atoms with van der Waals surface area (Å²) in [5, 5.41) is 5.69. The van der Waals surface area contributed by atoms with E-state index in [9.17, 15) is 18.8 Å². The molecule has 2 unspecified atom stereocenters. The highest BCUT2D eigenvalue weighted by Gasteiger charge is 2.40. The van der Waals surface area contributed by atoms with Crippen LogP contribution in [0.15, 0.2) is 36.5 Å². The van der Waals surface area contributed by atoms with E-state index >= 15 is 0 Å². The Morgan fingerprint density at radius 1 is 1.22 bits per heavy atom. The smallest absolute Gasteiger partial charge is 0.323 e. The summed E-state index contributed by atoms with van der Waals surface area (Å²) in [5.74, 6) is -0.941. The number of carbonyl (C=O) groups excluding carboxylic acids is 3. The molecule has 9 nitrogen and oxygen atoms in total. The Morgan fingerprint density at radius 2 is 2.06 bits per heavy atom. The van der Waals surface area contributed by atoms with E-state index < -0.39 is 23.8 Å². The summed E-state index contributed by atoms with van der Waals surface area (Å²) in [7, 11) is 0. The number of likely N-dealkylation sites (tertiary alicyclic amines) is 1. The average molecular weight is 518 g/mol. The zero-order valence-electron chi connectivity index (χ0n) is 20.0. The van der Waals surface area contributed by atoms with E-state index in [-0.39, 0.29) is 36.5 Å². The van der Waals surface area contributed by atoms with E-state index in [0.29, 0.717) is 30.3 Å². The van der Waals surface area contributed by atoms with Crippen molar-refractivity contribution in [3.63, 3.8) is 0 Å². The summed E-state index contributed by atoms with van der Waals surface area (Å²) in [6, 6.07) is 6.05. The molecule has 1 aromatic heterocycles. The van der Waals surface area contributed by atoms with Gasteiger partial charge in [0.25, 0.3) is 0 Å². The van der Waals surface area contributed by atoms with Gasteiger partial charge in [0, 0.05) is 44.4 Å². The molecule has 0 bridgehead atoms. The van der Waals surface area contributed by atoms with E-state index in [4.69, 9.17) is 16.3 Å². The number of halogens is 2. The van der Waals surface area contributed by atoms with E-state index in [1.165, 1.54) is 23.2 Å². The number of benzene rings is 1. The first-order valence-electron chi connectivity index (χ1n) is 12.1. The Labute approximate surface area is 213 Å². The molecule has 2 atom stereocenters. The molecule has 0 spiro atoms. The third kappa shape index (κ3) is 6.11. The minimum absolute atomic E-state index is 0.0224. The highest BCUT2D eigenvalue weighted by atomic mass is 35.5. The van der Waals surface area contributed by atoms with Gasteiger partial charge in [-0.25, -0.2) is 14.2 Å². The van der Waals surface area contributed by atoms with Gasteiger partial charge in [-0.2, -0.15) is 0 Å². The lowest BCUT2D eigenvalue weighted by atomic mass is 10.1. The van der Waals surface area contributed by atoms with E-state index in [1.54, 1.807) is 23.1 Å².